The van der Waals surface area contributed by atoms with Crippen molar-refractivity contribution in [3.05, 3.63) is 47.8 Å². The topological polar surface area (TPSA) is 34.9 Å². The van der Waals surface area contributed by atoms with Crippen LogP contribution in [0, 0.1) is 0 Å². The molecule has 0 radical (unpaired) electrons. The van der Waals surface area contributed by atoms with Gasteiger partial charge in [-0.25, -0.2) is 4.68 Å². The zero-order chi connectivity index (χ0) is 13.3. The molecule has 2 aromatic rings. The van der Waals surface area contributed by atoms with Crippen molar-refractivity contribution in [2.75, 3.05) is 0 Å². The lowest BCUT2D eigenvalue weighted by Crippen LogP contribution is -2.03. The number of nitrogens with zero attached hydrogens (tertiary/aromatic N) is 2. The third kappa shape index (κ3) is 2.42. The molecule has 0 saturated carbocycles. The molecule has 6 heteroatoms. The van der Waals surface area contributed by atoms with Crippen LogP contribution in [0.1, 0.15) is 22.8 Å². The highest BCUT2D eigenvalue weighted by atomic mass is 19.4. The van der Waals surface area contributed by atoms with E-state index in [0.29, 0.717) is 11.3 Å². The maximum atomic E-state index is 12.4. The van der Waals surface area contributed by atoms with E-state index >= 15 is 0 Å². The molecule has 0 unspecified atom stereocenters. The summed E-state index contributed by atoms with van der Waals surface area (Å²) in [6.45, 7) is 1.42. The number of Topliss-reactive ketones (excluding diaryl/α,β-unsaturated/α-hetero) is 1. The third-order valence-corrected chi connectivity index (χ3v) is 2.45. The lowest BCUT2D eigenvalue weighted by atomic mass is 10.1. The number of benzene rings is 1. The number of carbonyl (C=O) groups excluding carboxylic acids is 1. The highest BCUT2D eigenvalue weighted by Gasteiger charge is 2.32. The van der Waals surface area contributed by atoms with Crippen LogP contribution in [0.15, 0.2) is 36.7 Å². The summed E-state index contributed by atoms with van der Waals surface area (Å²) in [6.07, 6.45) is -2.74. The SMILES string of the molecule is CC(=O)c1ccc(-n2cc(C(F)(F)F)cn2)cc1. The van der Waals surface area contributed by atoms with Crippen molar-refractivity contribution >= 4 is 5.78 Å². The molecule has 0 bridgehead atoms. The minimum Gasteiger partial charge on any atom is -0.295 e. The van der Waals surface area contributed by atoms with Crippen molar-refractivity contribution in [2.45, 2.75) is 13.1 Å². The number of alkyl halides is 3. The quantitative estimate of drug-likeness (QED) is 0.772. The maximum Gasteiger partial charge on any atom is 0.419 e. The van der Waals surface area contributed by atoms with Crippen LogP contribution in [0.25, 0.3) is 5.69 Å². The van der Waals surface area contributed by atoms with E-state index in [2.05, 4.69) is 5.10 Å². The summed E-state index contributed by atoms with van der Waals surface area (Å²) in [4.78, 5) is 11.1. The second kappa shape index (κ2) is 4.29. The van der Waals surface area contributed by atoms with Crippen LogP contribution in [-0.4, -0.2) is 15.6 Å². The Kier molecular flexibility index (Phi) is 2.94. The van der Waals surface area contributed by atoms with Gasteiger partial charge in [-0.15, -0.1) is 0 Å². The lowest BCUT2D eigenvalue weighted by molar-refractivity contribution is -0.137. The zero-order valence-electron chi connectivity index (χ0n) is 9.40. The molecule has 0 aliphatic carbocycles. The smallest absolute Gasteiger partial charge is 0.295 e. The molecule has 0 N–H and O–H groups in total. The van der Waals surface area contributed by atoms with Gasteiger partial charge in [-0.05, 0) is 31.2 Å². The summed E-state index contributed by atoms with van der Waals surface area (Å²) < 4.78 is 38.3. The standard InChI is InChI=1S/C12H9F3N2O/c1-8(18)9-2-4-11(5-3-9)17-7-10(6-16-17)12(13,14)15/h2-7H,1H3. The first-order valence-electron chi connectivity index (χ1n) is 5.11. The van der Waals surface area contributed by atoms with Gasteiger partial charge < -0.3 is 0 Å². The first kappa shape index (κ1) is 12.3. The number of hydrogen-bond acceptors (Lipinski definition) is 2. The second-order valence-corrected chi connectivity index (χ2v) is 3.77. The second-order valence-electron chi connectivity index (χ2n) is 3.77. The Morgan fingerprint density at radius 1 is 1.22 bits per heavy atom. The monoisotopic (exact) mass is 254 g/mol. The molecule has 94 valence electrons. The van der Waals surface area contributed by atoms with Gasteiger partial charge in [0.2, 0.25) is 0 Å². The predicted octanol–water partition coefficient (Wildman–Crippen LogP) is 3.09. The number of halogens is 3. The summed E-state index contributed by atoms with van der Waals surface area (Å²) in [5, 5.41) is 3.64. The van der Waals surface area contributed by atoms with Crippen molar-refractivity contribution in [2.24, 2.45) is 0 Å². The van der Waals surface area contributed by atoms with Crippen molar-refractivity contribution < 1.29 is 18.0 Å². The first-order chi connectivity index (χ1) is 8.38. The molecule has 3 nitrogen and oxygen atoms in total. The van der Waals surface area contributed by atoms with Gasteiger partial charge in [0.1, 0.15) is 0 Å². The van der Waals surface area contributed by atoms with E-state index in [1.807, 2.05) is 0 Å². The van der Waals surface area contributed by atoms with E-state index in [9.17, 15) is 18.0 Å². The Morgan fingerprint density at radius 2 is 1.83 bits per heavy atom. The van der Waals surface area contributed by atoms with Crippen LogP contribution in [0.2, 0.25) is 0 Å². The van der Waals surface area contributed by atoms with Crippen LogP contribution >= 0.6 is 0 Å². The fourth-order valence-electron chi connectivity index (χ4n) is 1.46. The van der Waals surface area contributed by atoms with E-state index < -0.39 is 11.7 Å². The minimum atomic E-state index is -4.41. The number of rotatable bonds is 2. The Morgan fingerprint density at radius 3 is 2.28 bits per heavy atom. The molecule has 2 rings (SSSR count). The molecule has 0 aliphatic rings. The van der Waals surface area contributed by atoms with Crippen LogP contribution in [0.4, 0.5) is 13.2 Å². The van der Waals surface area contributed by atoms with Gasteiger partial charge in [0, 0.05) is 11.8 Å². The van der Waals surface area contributed by atoms with Gasteiger partial charge in [-0.3, -0.25) is 4.79 Å². The molecule has 18 heavy (non-hydrogen) atoms. The fourth-order valence-corrected chi connectivity index (χ4v) is 1.46. The molecular weight excluding hydrogens is 245 g/mol. The molecule has 0 fully saturated rings. The zero-order valence-corrected chi connectivity index (χ0v) is 9.40. The van der Waals surface area contributed by atoms with E-state index in [4.69, 9.17) is 0 Å². The lowest BCUT2D eigenvalue weighted by Gasteiger charge is -2.03. The van der Waals surface area contributed by atoms with Gasteiger partial charge in [-0.2, -0.15) is 18.3 Å². The Bertz CT molecular complexity index is 570. The van der Waals surface area contributed by atoms with E-state index in [-0.39, 0.29) is 5.78 Å². The molecule has 0 atom stereocenters. The summed E-state index contributed by atoms with van der Waals surface area (Å²) in [7, 11) is 0. The largest absolute Gasteiger partial charge is 0.419 e. The van der Waals surface area contributed by atoms with Crippen molar-refractivity contribution in [3.63, 3.8) is 0 Å². The van der Waals surface area contributed by atoms with Gasteiger partial charge >= 0.3 is 6.18 Å². The Balaban J connectivity index is 2.32. The number of ketones is 1. The Labute approximate surface area is 101 Å². The van der Waals surface area contributed by atoms with Crippen LogP contribution in [0.3, 0.4) is 0 Å². The average molecular weight is 254 g/mol. The minimum absolute atomic E-state index is 0.0991. The van der Waals surface area contributed by atoms with Gasteiger partial charge in [0.25, 0.3) is 0 Å². The van der Waals surface area contributed by atoms with E-state index in [0.717, 1.165) is 17.1 Å². The normalized spacial score (nSPS) is 11.6. The van der Waals surface area contributed by atoms with Crippen LogP contribution in [-0.2, 0) is 6.18 Å². The van der Waals surface area contributed by atoms with Crippen molar-refractivity contribution in [1.82, 2.24) is 9.78 Å². The highest BCUT2D eigenvalue weighted by molar-refractivity contribution is 5.94. The molecule has 0 spiro atoms. The summed E-state index contributed by atoms with van der Waals surface area (Å²) in [6, 6.07) is 6.19. The highest BCUT2D eigenvalue weighted by Crippen LogP contribution is 2.29. The average Bonchev–Trinajstić information content (AvgIpc) is 2.78. The van der Waals surface area contributed by atoms with E-state index in [1.54, 1.807) is 24.3 Å². The molecule has 0 aliphatic heterocycles. The fraction of sp³-hybridized carbons (Fsp3) is 0.167. The van der Waals surface area contributed by atoms with Gasteiger partial charge in [0.05, 0.1) is 17.4 Å². The predicted molar refractivity (Wildman–Crippen MR) is 58.6 cm³/mol. The van der Waals surface area contributed by atoms with E-state index in [1.165, 1.54) is 6.92 Å². The molecule has 1 heterocycles. The first-order valence-corrected chi connectivity index (χ1v) is 5.11. The molecule has 0 amide bonds. The number of aromatic nitrogens is 2. The summed E-state index contributed by atoms with van der Waals surface area (Å²) in [5.41, 5.74) is 0.163. The molecule has 0 saturated heterocycles. The number of hydrogen-bond donors (Lipinski definition) is 0. The third-order valence-electron chi connectivity index (χ3n) is 2.45. The summed E-state index contributed by atoms with van der Waals surface area (Å²) >= 11 is 0. The number of carbonyl (C=O) groups is 1. The molecule has 1 aromatic heterocycles. The molecular formula is C12H9F3N2O. The van der Waals surface area contributed by atoms with Gasteiger partial charge in [-0.1, -0.05) is 0 Å². The Hall–Kier alpha value is -2.11. The van der Waals surface area contributed by atoms with Crippen molar-refractivity contribution in [3.8, 4) is 5.69 Å². The van der Waals surface area contributed by atoms with Crippen LogP contribution < -0.4 is 0 Å². The van der Waals surface area contributed by atoms with Gasteiger partial charge in [0.15, 0.2) is 5.78 Å². The van der Waals surface area contributed by atoms with Crippen molar-refractivity contribution in [1.29, 1.82) is 0 Å². The molecule has 1 aromatic carbocycles. The van der Waals surface area contributed by atoms with Crippen LogP contribution in [0.5, 0.6) is 0 Å². The maximum absolute atomic E-state index is 12.4. The summed E-state index contributed by atoms with van der Waals surface area (Å²) in [5.74, 6) is -0.0991.